The fourth-order valence-corrected chi connectivity index (χ4v) is 3.12. The Hall–Kier alpha value is -3.90. The van der Waals surface area contributed by atoms with E-state index in [0.717, 1.165) is 28.3 Å². The van der Waals surface area contributed by atoms with Crippen molar-refractivity contribution < 1.29 is 19.3 Å². The molecule has 4 rings (SSSR count). The second-order valence-corrected chi connectivity index (χ2v) is 6.49. The Morgan fingerprint density at radius 2 is 1.63 bits per heavy atom. The number of aromatic nitrogens is 2. The minimum absolute atomic E-state index is 0.174. The summed E-state index contributed by atoms with van der Waals surface area (Å²) >= 11 is 0. The zero-order valence-electron chi connectivity index (χ0n) is 16.4. The van der Waals surface area contributed by atoms with Crippen LogP contribution in [0.4, 0.5) is 0 Å². The van der Waals surface area contributed by atoms with Crippen LogP contribution in [0.3, 0.4) is 0 Å². The molecule has 0 saturated heterocycles. The number of carbonyl (C=O) groups is 1. The van der Waals surface area contributed by atoms with E-state index >= 15 is 0 Å². The highest BCUT2D eigenvalue weighted by molar-refractivity contribution is 5.90. The molecule has 2 aromatic carbocycles. The van der Waals surface area contributed by atoms with Crippen LogP contribution in [0.5, 0.6) is 5.75 Å². The van der Waals surface area contributed by atoms with Gasteiger partial charge in [-0.25, -0.2) is 4.79 Å². The first-order valence-corrected chi connectivity index (χ1v) is 9.40. The lowest BCUT2D eigenvalue weighted by Crippen LogP contribution is -2.12. The van der Waals surface area contributed by atoms with E-state index in [1.165, 1.54) is 0 Å². The van der Waals surface area contributed by atoms with E-state index in [1.807, 2.05) is 77.4 Å². The summed E-state index contributed by atoms with van der Waals surface area (Å²) in [7, 11) is 1.61. The van der Waals surface area contributed by atoms with E-state index < -0.39 is 5.97 Å². The summed E-state index contributed by atoms with van der Waals surface area (Å²) in [5, 5.41) is 0. The van der Waals surface area contributed by atoms with Crippen LogP contribution in [0, 0.1) is 0 Å². The minimum Gasteiger partial charge on any atom is -0.497 e. The molecule has 30 heavy (non-hydrogen) atoms. The van der Waals surface area contributed by atoms with Crippen molar-refractivity contribution in [3.05, 3.63) is 103 Å². The number of pyridine rings is 1. The molecule has 6 heteroatoms. The van der Waals surface area contributed by atoms with Crippen LogP contribution in [0.15, 0.2) is 91.3 Å². The Morgan fingerprint density at radius 1 is 0.900 bits per heavy atom. The average Bonchev–Trinajstić information content (AvgIpc) is 3.26. The highest BCUT2D eigenvalue weighted by Gasteiger charge is 2.20. The standard InChI is InChI=1S/C24H20N2O4/c1-28-21-9-7-20(8-10-21)26-22(19-13-15-25-16-14-19)11-12-23(26)24(27)30-29-17-18-5-3-2-4-6-18/h2-16H,17H2,1H3. The quantitative estimate of drug-likeness (QED) is 0.328. The number of hydrogen-bond acceptors (Lipinski definition) is 5. The van der Waals surface area contributed by atoms with Crippen LogP contribution in [0.1, 0.15) is 16.1 Å². The van der Waals surface area contributed by atoms with E-state index in [-0.39, 0.29) is 6.61 Å². The summed E-state index contributed by atoms with van der Waals surface area (Å²) in [6, 6.07) is 24.3. The molecule has 0 radical (unpaired) electrons. The Bertz CT molecular complexity index is 1110. The summed E-state index contributed by atoms with van der Waals surface area (Å²) in [4.78, 5) is 27.1. The van der Waals surface area contributed by atoms with Crippen molar-refractivity contribution in [2.75, 3.05) is 7.11 Å². The zero-order chi connectivity index (χ0) is 20.8. The number of rotatable bonds is 7. The van der Waals surface area contributed by atoms with Gasteiger partial charge in [0.1, 0.15) is 18.1 Å². The van der Waals surface area contributed by atoms with Crippen LogP contribution in [-0.4, -0.2) is 22.6 Å². The molecule has 4 aromatic rings. The molecule has 0 amide bonds. The lowest BCUT2D eigenvalue weighted by Gasteiger charge is -2.13. The second kappa shape index (κ2) is 9.07. The molecule has 0 aliphatic heterocycles. The van der Waals surface area contributed by atoms with Gasteiger partial charge in [0.15, 0.2) is 0 Å². The van der Waals surface area contributed by atoms with Crippen LogP contribution in [-0.2, 0) is 16.4 Å². The van der Waals surface area contributed by atoms with Gasteiger partial charge in [0, 0.05) is 23.6 Å². The van der Waals surface area contributed by atoms with Crippen molar-refractivity contribution in [3.8, 4) is 22.7 Å². The molecular formula is C24H20N2O4. The normalized spacial score (nSPS) is 10.6. The summed E-state index contributed by atoms with van der Waals surface area (Å²) in [6.07, 6.45) is 3.42. The number of hydrogen-bond donors (Lipinski definition) is 0. The first-order chi connectivity index (χ1) is 14.8. The van der Waals surface area contributed by atoms with Crippen molar-refractivity contribution in [2.45, 2.75) is 6.61 Å². The van der Waals surface area contributed by atoms with Gasteiger partial charge in [0.2, 0.25) is 0 Å². The maximum absolute atomic E-state index is 12.8. The van der Waals surface area contributed by atoms with Crippen molar-refractivity contribution in [3.63, 3.8) is 0 Å². The number of ether oxygens (including phenoxy) is 1. The SMILES string of the molecule is COc1ccc(-n2c(C(=O)OOCc3ccccc3)ccc2-c2ccncc2)cc1. The van der Waals surface area contributed by atoms with Crippen molar-refractivity contribution >= 4 is 5.97 Å². The zero-order valence-corrected chi connectivity index (χ0v) is 16.4. The van der Waals surface area contributed by atoms with Gasteiger partial charge in [-0.3, -0.25) is 9.87 Å². The van der Waals surface area contributed by atoms with E-state index in [2.05, 4.69) is 4.98 Å². The average molecular weight is 400 g/mol. The van der Waals surface area contributed by atoms with E-state index in [9.17, 15) is 4.79 Å². The van der Waals surface area contributed by atoms with Gasteiger partial charge in [0.25, 0.3) is 0 Å². The minimum atomic E-state index is -0.581. The van der Waals surface area contributed by atoms with Crippen LogP contribution in [0.2, 0.25) is 0 Å². The second-order valence-electron chi connectivity index (χ2n) is 6.49. The third-order valence-corrected chi connectivity index (χ3v) is 4.60. The predicted octanol–water partition coefficient (Wildman–Crippen LogP) is 4.84. The molecule has 0 atom stereocenters. The lowest BCUT2D eigenvalue weighted by atomic mass is 10.2. The molecule has 0 unspecified atom stereocenters. The molecule has 0 saturated carbocycles. The Morgan fingerprint density at radius 3 is 2.33 bits per heavy atom. The number of nitrogens with zero attached hydrogens (tertiary/aromatic N) is 2. The maximum atomic E-state index is 12.8. The predicted molar refractivity (Wildman–Crippen MR) is 112 cm³/mol. The van der Waals surface area contributed by atoms with E-state index in [0.29, 0.717) is 5.69 Å². The van der Waals surface area contributed by atoms with Gasteiger partial charge in [-0.05, 0) is 54.1 Å². The summed E-state index contributed by atoms with van der Waals surface area (Å²) < 4.78 is 7.07. The molecule has 2 aromatic heterocycles. The lowest BCUT2D eigenvalue weighted by molar-refractivity contribution is -0.251. The van der Waals surface area contributed by atoms with Crippen molar-refractivity contribution in [2.24, 2.45) is 0 Å². The monoisotopic (exact) mass is 400 g/mol. The molecular weight excluding hydrogens is 380 g/mol. The molecule has 0 aliphatic rings. The summed E-state index contributed by atoms with van der Waals surface area (Å²) in [5.41, 5.74) is 3.80. The van der Waals surface area contributed by atoms with E-state index in [4.69, 9.17) is 14.5 Å². The summed E-state index contributed by atoms with van der Waals surface area (Å²) in [6.45, 7) is 0.174. The fraction of sp³-hybridized carbons (Fsp3) is 0.0833. The summed E-state index contributed by atoms with van der Waals surface area (Å²) in [5.74, 6) is 0.147. The molecule has 6 nitrogen and oxygen atoms in total. The largest absolute Gasteiger partial charge is 0.497 e. The Balaban J connectivity index is 1.63. The van der Waals surface area contributed by atoms with Crippen LogP contribution >= 0.6 is 0 Å². The number of methoxy groups -OCH3 is 1. The van der Waals surface area contributed by atoms with Crippen LogP contribution in [0.25, 0.3) is 16.9 Å². The fourth-order valence-electron chi connectivity index (χ4n) is 3.12. The van der Waals surface area contributed by atoms with Gasteiger partial charge in [0.05, 0.1) is 12.8 Å². The molecule has 0 bridgehead atoms. The van der Waals surface area contributed by atoms with Gasteiger partial charge < -0.3 is 9.30 Å². The Labute approximate surface area is 174 Å². The number of benzene rings is 2. The molecule has 0 N–H and O–H groups in total. The van der Waals surface area contributed by atoms with Crippen molar-refractivity contribution in [1.82, 2.24) is 9.55 Å². The van der Waals surface area contributed by atoms with Gasteiger partial charge in [-0.15, -0.1) is 0 Å². The number of carbonyl (C=O) groups excluding carboxylic acids is 1. The molecule has 2 heterocycles. The molecule has 0 spiro atoms. The maximum Gasteiger partial charge on any atom is 0.389 e. The van der Waals surface area contributed by atoms with Gasteiger partial charge in [-0.1, -0.05) is 30.3 Å². The smallest absolute Gasteiger partial charge is 0.389 e. The van der Waals surface area contributed by atoms with Gasteiger partial charge in [-0.2, -0.15) is 4.89 Å². The first kappa shape index (κ1) is 19.4. The van der Waals surface area contributed by atoms with E-state index in [1.54, 1.807) is 25.6 Å². The van der Waals surface area contributed by atoms with Gasteiger partial charge >= 0.3 is 5.97 Å². The topological polar surface area (TPSA) is 62.6 Å². The highest BCUT2D eigenvalue weighted by atomic mass is 17.2. The first-order valence-electron chi connectivity index (χ1n) is 9.40. The Kier molecular flexibility index (Phi) is 5.87. The highest BCUT2D eigenvalue weighted by Crippen LogP contribution is 2.28. The third-order valence-electron chi connectivity index (χ3n) is 4.60. The van der Waals surface area contributed by atoms with Crippen LogP contribution < -0.4 is 4.74 Å². The molecule has 0 fully saturated rings. The van der Waals surface area contributed by atoms with Crippen molar-refractivity contribution in [1.29, 1.82) is 0 Å². The molecule has 150 valence electrons. The third kappa shape index (κ3) is 4.24. The molecule has 0 aliphatic carbocycles.